The molecular weight excluding hydrogens is 296 g/mol. The highest BCUT2D eigenvalue weighted by atomic mass is 35.7. The predicted octanol–water partition coefficient (Wildman–Crippen LogP) is 1.15. The molecular formula is C10H7ClN2O5S. The van der Waals surface area contributed by atoms with Crippen LogP contribution in [0.1, 0.15) is 27.1 Å². The van der Waals surface area contributed by atoms with Crippen LogP contribution < -0.4 is 0 Å². The lowest BCUT2D eigenvalue weighted by molar-refractivity contribution is -0.00890. The van der Waals surface area contributed by atoms with Gasteiger partial charge in [0, 0.05) is 21.8 Å². The van der Waals surface area contributed by atoms with E-state index in [1.165, 1.54) is 0 Å². The molecule has 0 saturated heterocycles. The van der Waals surface area contributed by atoms with Crippen LogP contribution in [0.15, 0.2) is 24.3 Å². The van der Waals surface area contributed by atoms with Gasteiger partial charge in [-0.05, 0) is 0 Å². The van der Waals surface area contributed by atoms with Gasteiger partial charge in [-0.15, -0.1) is 0 Å². The maximum Gasteiger partial charge on any atom is 0.353 e. The van der Waals surface area contributed by atoms with Crippen molar-refractivity contribution in [2.24, 2.45) is 0 Å². The fraction of sp³-hybridized carbons (Fsp3) is 0.100. The highest BCUT2D eigenvalue weighted by molar-refractivity contribution is 8.09. The zero-order valence-electron chi connectivity index (χ0n) is 9.28. The molecule has 0 unspecified atom stereocenters. The third kappa shape index (κ3) is 4.38. The van der Waals surface area contributed by atoms with E-state index >= 15 is 0 Å². The van der Waals surface area contributed by atoms with Gasteiger partial charge in [0.15, 0.2) is 5.78 Å². The summed E-state index contributed by atoms with van der Waals surface area (Å²) >= 11 is 0. The van der Waals surface area contributed by atoms with Gasteiger partial charge in [0.25, 0.3) is 5.78 Å². The Kier molecular flexibility index (Phi) is 4.68. The van der Waals surface area contributed by atoms with Crippen molar-refractivity contribution in [1.29, 1.82) is 0 Å². The fourth-order valence-corrected chi connectivity index (χ4v) is 1.49. The van der Waals surface area contributed by atoms with Gasteiger partial charge in [0.1, 0.15) is 6.42 Å². The molecule has 0 aliphatic heterocycles. The van der Waals surface area contributed by atoms with Crippen molar-refractivity contribution in [3.8, 4) is 0 Å². The average Bonchev–Trinajstić information content (AvgIpc) is 2.32. The summed E-state index contributed by atoms with van der Waals surface area (Å²) in [5.74, 6) is -0.560. The Bertz CT molecular complexity index is 684. The van der Waals surface area contributed by atoms with Gasteiger partial charge < -0.3 is 5.53 Å². The summed E-state index contributed by atoms with van der Waals surface area (Å²) in [5, 5.41) is 0. The normalized spacial score (nSPS) is 14.1. The molecule has 0 fully saturated rings. The molecule has 0 aromatic heterocycles. The topological polar surface area (TPSA) is 125 Å². The molecule has 0 radical (unpaired) electrons. The van der Waals surface area contributed by atoms with Crippen LogP contribution in [0.25, 0.3) is 5.53 Å². The Hall–Kier alpha value is -1.86. The molecule has 0 amide bonds. The van der Waals surface area contributed by atoms with Crippen LogP contribution in [0.3, 0.4) is 0 Å². The van der Waals surface area contributed by atoms with Crippen molar-refractivity contribution in [2.75, 3.05) is 0 Å². The van der Waals surface area contributed by atoms with Crippen molar-refractivity contribution >= 4 is 37.3 Å². The minimum Gasteiger partial charge on any atom is -0.361 e. The van der Waals surface area contributed by atoms with E-state index in [1.54, 1.807) is 24.3 Å². The minimum atomic E-state index is -4.19. The molecule has 0 heterocycles. The standard InChI is InChI=1S/C10H6N2O2.ClHO3S/c11-12-8-5-9(13)6-3-1-2-4-7(6)10(8)14;1-5(2,3)4/h1-4H,5H2;(H,2,3,4). The van der Waals surface area contributed by atoms with Crippen molar-refractivity contribution in [1.82, 2.24) is 0 Å². The molecule has 1 aliphatic rings. The van der Waals surface area contributed by atoms with Crippen LogP contribution >= 0.6 is 10.7 Å². The summed E-state index contributed by atoms with van der Waals surface area (Å²) in [7, 11) is -0.137. The zero-order chi connectivity index (χ0) is 14.6. The summed E-state index contributed by atoms with van der Waals surface area (Å²) in [6, 6.07) is 6.53. The number of nitrogens with zero attached hydrogens (tertiary/aromatic N) is 2. The van der Waals surface area contributed by atoms with Crippen molar-refractivity contribution in [3.05, 3.63) is 40.9 Å². The Morgan fingerprint density at radius 3 is 2.16 bits per heavy atom. The number of Topliss-reactive ketones (excluding diaryl/α,β-unsaturated/α-hetero) is 2. The van der Waals surface area contributed by atoms with E-state index < -0.39 is 9.33 Å². The molecule has 0 atom stereocenters. The highest BCUT2D eigenvalue weighted by Crippen LogP contribution is 2.18. The Balaban J connectivity index is 0.000000312. The molecule has 1 aromatic carbocycles. The molecule has 2 rings (SSSR count). The van der Waals surface area contributed by atoms with Crippen molar-refractivity contribution in [2.45, 2.75) is 6.42 Å². The van der Waals surface area contributed by atoms with Crippen LogP contribution in [-0.4, -0.2) is 35.0 Å². The van der Waals surface area contributed by atoms with Gasteiger partial charge in [-0.2, -0.15) is 13.2 Å². The Morgan fingerprint density at radius 2 is 1.68 bits per heavy atom. The lowest BCUT2D eigenvalue weighted by Crippen LogP contribution is -2.27. The Morgan fingerprint density at radius 1 is 1.21 bits per heavy atom. The van der Waals surface area contributed by atoms with Crippen LogP contribution in [-0.2, 0) is 9.33 Å². The van der Waals surface area contributed by atoms with E-state index in [0.29, 0.717) is 11.1 Å². The van der Waals surface area contributed by atoms with Crippen molar-refractivity contribution in [3.63, 3.8) is 0 Å². The largest absolute Gasteiger partial charge is 0.361 e. The molecule has 1 aromatic rings. The molecule has 0 spiro atoms. The van der Waals surface area contributed by atoms with Gasteiger partial charge in [-0.1, -0.05) is 24.3 Å². The lowest BCUT2D eigenvalue weighted by Gasteiger charge is -2.08. The average molecular weight is 303 g/mol. The van der Waals surface area contributed by atoms with Crippen LogP contribution in [0.4, 0.5) is 0 Å². The molecule has 0 bridgehead atoms. The molecule has 100 valence electrons. The minimum absolute atomic E-state index is 0.0892. The second-order valence-corrected chi connectivity index (χ2v) is 5.43. The predicted molar refractivity (Wildman–Crippen MR) is 65.7 cm³/mol. The number of benzene rings is 1. The number of carbonyl (C=O) groups is 2. The maximum absolute atomic E-state index is 11.6. The van der Waals surface area contributed by atoms with E-state index in [4.69, 9.17) is 18.5 Å². The first-order chi connectivity index (χ1) is 8.74. The molecule has 19 heavy (non-hydrogen) atoms. The summed E-state index contributed by atoms with van der Waals surface area (Å²) in [4.78, 5) is 25.8. The zero-order valence-corrected chi connectivity index (χ0v) is 10.8. The first-order valence-electron chi connectivity index (χ1n) is 4.79. The monoisotopic (exact) mass is 302 g/mol. The van der Waals surface area contributed by atoms with E-state index in [1.807, 2.05) is 0 Å². The summed E-state index contributed by atoms with van der Waals surface area (Å²) < 4.78 is 25.2. The Labute approximate surface area is 112 Å². The number of halogens is 1. The summed E-state index contributed by atoms with van der Waals surface area (Å²) in [6.45, 7) is 0. The van der Waals surface area contributed by atoms with E-state index in [9.17, 15) is 9.59 Å². The second kappa shape index (κ2) is 5.85. The molecule has 9 heteroatoms. The molecule has 1 aliphatic carbocycles. The van der Waals surface area contributed by atoms with Gasteiger partial charge in [-0.3, -0.25) is 14.1 Å². The van der Waals surface area contributed by atoms with Crippen LogP contribution in [0, 0.1) is 0 Å². The van der Waals surface area contributed by atoms with E-state index in [2.05, 4.69) is 15.5 Å². The van der Waals surface area contributed by atoms with Crippen LogP contribution in [0.2, 0.25) is 0 Å². The number of hydrogen-bond acceptors (Lipinski definition) is 4. The quantitative estimate of drug-likeness (QED) is 0.333. The summed E-state index contributed by atoms with van der Waals surface area (Å²) in [5.41, 5.74) is 9.15. The number of ketones is 2. The van der Waals surface area contributed by atoms with E-state index in [0.717, 1.165) is 0 Å². The van der Waals surface area contributed by atoms with E-state index in [-0.39, 0.29) is 23.7 Å². The lowest BCUT2D eigenvalue weighted by atomic mass is 9.88. The van der Waals surface area contributed by atoms with Gasteiger partial charge in [-0.25, -0.2) is 0 Å². The first-order valence-corrected chi connectivity index (χ1v) is 7.05. The molecule has 0 saturated carbocycles. The van der Waals surface area contributed by atoms with Gasteiger partial charge >= 0.3 is 15.0 Å². The van der Waals surface area contributed by atoms with Crippen molar-refractivity contribution < 1.29 is 27.3 Å². The third-order valence-electron chi connectivity index (χ3n) is 2.18. The fourth-order valence-electron chi connectivity index (χ4n) is 1.49. The third-order valence-corrected chi connectivity index (χ3v) is 2.18. The molecule has 1 N–H and O–H groups in total. The first kappa shape index (κ1) is 15.2. The van der Waals surface area contributed by atoms with Gasteiger partial charge in [0.05, 0.1) is 0 Å². The number of carbonyl (C=O) groups excluding carboxylic acids is 2. The molecule has 7 nitrogen and oxygen atoms in total. The number of fused-ring (bicyclic) bond motifs is 1. The SMILES string of the molecule is O=S(=O)(O)Cl.[N-]=[N+]=C1CC(=O)c2ccccc2C1=O. The van der Waals surface area contributed by atoms with Crippen LogP contribution in [0.5, 0.6) is 0 Å². The number of rotatable bonds is 0. The maximum atomic E-state index is 11.6. The summed E-state index contributed by atoms with van der Waals surface area (Å²) in [6.07, 6.45) is -0.119. The van der Waals surface area contributed by atoms with Gasteiger partial charge in [0.2, 0.25) is 0 Å². The number of hydrogen-bond donors (Lipinski definition) is 1. The smallest absolute Gasteiger partial charge is 0.353 e. The second-order valence-electron chi connectivity index (χ2n) is 3.43. The highest BCUT2D eigenvalue weighted by Gasteiger charge is 2.34.